The quantitative estimate of drug-likeness (QED) is 0.781. The van der Waals surface area contributed by atoms with Crippen LogP contribution in [0.15, 0.2) is 47.1 Å². The maximum Gasteiger partial charge on any atom is 0.133 e. The molecule has 0 aliphatic heterocycles. The minimum atomic E-state index is 0.167. The van der Waals surface area contributed by atoms with Crippen molar-refractivity contribution in [2.45, 2.75) is 20.8 Å². The SMILES string of the molecule is CC(C)(C)COc1cccc(-c2ccco2)c1. The summed E-state index contributed by atoms with van der Waals surface area (Å²) in [5.41, 5.74) is 1.21. The summed E-state index contributed by atoms with van der Waals surface area (Å²) >= 11 is 0. The standard InChI is InChI=1S/C15H18O2/c1-15(2,3)11-17-13-7-4-6-12(10-13)14-8-5-9-16-14/h4-10H,11H2,1-3H3. The molecular weight excluding hydrogens is 212 g/mol. The van der Waals surface area contributed by atoms with Crippen LogP contribution in [0.3, 0.4) is 0 Å². The molecule has 2 heteroatoms. The number of benzene rings is 1. The van der Waals surface area contributed by atoms with E-state index in [0.717, 1.165) is 17.1 Å². The van der Waals surface area contributed by atoms with Crippen LogP contribution in [-0.4, -0.2) is 6.61 Å². The fraction of sp³-hybridized carbons (Fsp3) is 0.333. The van der Waals surface area contributed by atoms with Crippen LogP contribution in [0.5, 0.6) is 5.75 Å². The van der Waals surface area contributed by atoms with E-state index in [1.165, 1.54) is 0 Å². The lowest BCUT2D eigenvalue weighted by molar-refractivity contribution is 0.198. The molecule has 0 spiro atoms. The Balaban J connectivity index is 2.12. The second kappa shape index (κ2) is 4.66. The van der Waals surface area contributed by atoms with Gasteiger partial charge in [0.1, 0.15) is 11.5 Å². The van der Waals surface area contributed by atoms with Gasteiger partial charge in [-0.2, -0.15) is 0 Å². The molecule has 0 aliphatic rings. The number of rotatable bonds is 3. The fourth-order valence-corrected chi connectivity index (χ4v) is 1.48. The topological polar surface area (TPSA) is 22.4 Å². The van der Waals surface area contributed by atoms with Gasteiger partial charge in [-0.15, -0.1) is 0 Å². The molecule has 90 valence electrons. The lowest BCUT2D eigenvalue weighted by Crippen LogP contribution is -2.16. The molecule has 2 rings (SSSR count). The first kappa shape index (κ1) is 11.8. The first-order valence-electron chi connectivity index (χ1n) is 5.81. The van der Waals surface area contributed by atoms with E-state index in [0.29, 0.717) is 6.61 Å². The predicted molar refractivity (Wildman–Crippen MR) is 69.1 cm³/mol. The van der Waals surface area contributed by atoms with Crippen LogP contribution in [0.25, 0.3) is 11.3 Å². The summed E-state index contributed by atoms with van der Waals surface area (Å²) in [6.07, 6.45) is 1.68. The first-order chi connectivity index (χ1) is 8.04. The highest BCUT2D eigenvalue weighted by molar-refractivity contribution is 5.59. The molecule has 0 saturated carbocycles. The fourth-order valence-electron chi connectivity index (χ4n) is 1.48. The molecule has 0 amide bonds. The van der Waals surface area contributed by atoms with E-state index in [4.69, 9.17) is 9.15 Å². The van der Waals surface area contributed by atoms with E-state index in [1.807, 2.05) is 36.4 Å². The Morgan fingerprint density at radius 1 is 1.12 bits per heavy atom. The van der Waals surface area contributed by atoms with Crippen molar-refractivity contribution in [2.24, 2.45) is 5.41 Å². The number of ether oxygens (including phenoxy) is 1. The van der Waals surface area contributed by atoms with Crippen LogP contribution in [0.1, 0.15) is 20.8 Å². The smallest absolute Gasteiger partial charge is 0.133 e. The highest BCUT2D eigenvalue weighted by atomic mass is 16.5. The van der Waals surface area contributed by atoms with Gasteiger partial charge in [0.25, 0.3) is 0 Å². The monoisotopic (exact) mass is 230 g/mol. The van der Waals surface area contributed by atoms with Crippen LogP contribution in [0, 0.1) is 5.41 Å². The Hall–Kier alpha value is -1.70. The minimum absolute atomic E-state index is 0.167. The van der Waals surface area contributed by atoms with Gasteiger partial charge in [-0.05, 0) is 29.7 Å². The van der Waals surface area contributed by atoms with Gasteiger partial charge in [-0.3, -0.25) is 0 Å². The summed E-state index contributed by atoms with van der Waals surface area (Å²) in [6.45, 7) is 7.17. The van der Waals surface area contributed by atoms with Crippen molar-refractivity contribution >= 4 is 0 Å². The van der Waals surface area contributed by atoms with Crippen LogP contribution >= 0.6 is 0 Å². The van der Waals surface area contributed by atoms with Crippen molar-refractivity contribution in [2.75, 3.05) is 6.61 Å². The molecule has 0 aliphatic carbocycles. The van der Waals surface area contributed by atoms with E-state index in [1.54, 1.807) is 6.26 Å². The highest BCUT2D eigenvalue weighted by Crippen LogP contribution is 2.25. The third kappa shape index (κ3) is 3.38. The van der Waals surface area contributed by atoms with Crippen molar-refractivity contribution < 1.29 is 9.15 Å². The van der Waals surface area contributed by atoms with Gasteiger partial charge in [0, 0.05) is 5.56 Å². The van der Waals surface area contributed by atoms with Crippen LogP contribution < -0.4 is 4.74 Å². The molecule has 1 aromatic carbocycles. The molecule has 0 unspecified atom stereocenters. The minimum Gasteiger partial charge on any atom is -0.493 e. The average Bonchev–Trinajstić information content (AvgIpc) is 2.79. The third-order valence-electron chi connectivity index (χ3n) is 2.31. The Kier molecular flexibility index (Phi) is 3.23. The third-order valence-corrected chi connectivity index (χ3v) is 2.31. The summed E-state index contributed by atoms with van der Waals surface area (Å²) in [7, 11) is 0. The Morgan fingerprint density at radius 3 is 2.59 bits per heavy atom. The Labute approximate surface area is 102 Å². The zero-order valence-electron chi connectivity index (χ0n) is 10.6. The average molecular weight is 230 g/mol. The van der Waals surface area contributed by atoms with Gasteiger partial charge < -0.3 is 9.15 Å². The Morgan fingerprint density at radius 2 is 1.94 bits per heavy atom. The van der Waals surface area contributed by atoms with Crippen LogP contribution in [-0.2, 0) is 0 Å². The maximum atomic E-state index is 5.77. The first-order valence-corrected chi connectivity index (χ1v) is 5.81. The van der Waals surface area contributed by atoms with Crippen molar-refractivity contribution in [3.8, 4) is 17.1 Å². The second-order valence-corrected chi connectivity index (χ2v) is 5.35. The van der Waals surface area contributed by atoms with Gasteiger partial charge in [0.05, 0.1) is 12.9 Å². The molecule has 0 fully saturated rings. The van der Waals surface area contributed by atoms with Crippen molar-refractivity contribution in [3.63, 3.8) is 0 Å². The molecule has 0 N–H and O–H groups in total. The van der Waals surface area contributed by atoms with Gasteiger partial charge in [0.15, 0.2) is 0 Å². The summed E-state index contributed by atoms with van der Waals surface area (Å²) in [5.74, 6) is 1.75. The molecule has 2 aromatic rings. The van der Waals surface area contributed by atoms with Crippen molar-refractivity contribution in [3.05, 3.63) is 42.7 Å². The van der Waals surface area contributed by atoms with Crippen LogP contribution in [0.2, 0.25) is 0 Å². The van der Waals surface area contributed by atoms with Crippen molar-refractivity contribution in [1.29, 1.82) is 0 Å². The Bertz CT molecular complexity index is 464. The van der Waals surface area contributed by atoms with Crippen molar-refractivity contribution in [1.82, 2.24) is 0 Å². The number of furan rings is 1. The lowest BCUT2D eigenvalue weighted by Gasteiger charge is -2.18. The lowest BCUT2D eigenvalue weighted by atomic mass is 9.99. The van der Waals surface area contributed by atoms with E-state index in [9.17, 15) is 0 Å². The molecular formula is C15H18O2. The molecule has 2 nitrogen and oxygen atoms in total. The summed E-state index contributed by atoms with van der Waals surface area (Å²) in [5, 5.41) is 0. The van der Waals surface area contributed by atoms with Gasteiger partial charge in [0.2, 0.25) is 0 Å². The molecule has 0 atom stereocenters. The number of hydrogen-bond donors (Lipinski definition) is 0. The van der Waals surface area contributed by atoms with Gasteiger partial charge in [-0.1, -0.05) is 32.9 Å². The number of hydrogen-bond acceptors (Lipinski definition) is 2. The highest BCUT2D eigenvalue weighted by Gasteiger charge is 2.11. The summed E-state index contributed by atoms with van der Waals surface area (Å²) in [6, 6.07) is 11.8. The largest absolute Gasteiger partial charge is 0.493 e. The van der Waals surface area contributed by atoms with E-state index in [2.05, 4.69) is 20.8 Å². The van der Waals surface area contributed by atoms with Gasteiger partial charge >= 0.3 is 0 Å². The maximum absolute atomic E-state index is 5.77. The molecule has 17 heavy (non-hydrogen) atoms. The molecule has 0 saturated heterocycles. The summed E-state index contributed by atoms with van der Waals surface area (Å²) < 4.78 is 11.1. The molecule has 0 radical (unpaired) electrons. The van der Waals surface area contributed by atoms with Gasteiger partial charge in [-0.25, -0.2) is 0 Å². The zero-order chi connectivity index (χ0) is 12.3. The molecule has 1 aromatic heterocycles. The zero-order valence-corrected chi connectivity index (χ0v) is 10.6. The summed E-state index contributed by atoms with van der Waals surface area (Å²) in [4.78, 5) is 0. The van der Waals surface area contributed by atoms with Crippen LogP contribution in [0.4, 0.5) is 0 Å². The van der Waals surface area contributed by atoms with E-state index < -0.39 is 0 Å². The second-order valence-electron chi connectivity index (χ2n) is 5.35. The predicted octanol–water partition coefficient (Wildman–Crippen LogP) is 4.37. The molecule has 1 heterocycles. The normalized spacial score (nSPS) is 11.5. The van der Waals surface area contributed by atoms with E-state index >= 15 is 0 Å². The van der Waals surface area contributed by atoms with E-state index in [-0.39, 0.29) is 5.41 Å². The molecule has 0 bridgehead atoms.